The van der Waals surface area contributed by atoms with E-state index in [9.17, 15) is 9.50 Å². The third-order valence-electron chi connectivity index (χ3n) is 9.72. The molecule has 1 aromatic heterocycles. The molecular formula is C30H32ClF2N5O2. The highest BCUT2D eigenvalue weighted by atomic mass is 35.5. The van der Waals surface area contributed by atoms with Crippen LogP contribution >= 0.6 is 11.6 Å². The molecule has 4 saturated heterocycles. The van der Waals surface area contributed by atoms with Gasteiger partial charge in [-0.25, -0.2) is 8.78 Å². The first kappa shape index (κ1) is 25.0. The summed E-state index contributed by atoms with van der Waals surface area (Å²) < 4.78 is 37.2. The third kappa shape index (κ3) is 3.96. The number of benzene rings is 2. The normalized spacial score (nSPS) is 29.6. The Morgan fingerprint density at radius 2 is 2.05 bits per heavy atom. The van der Waals surface area contributed by atoms with Crippen LogP contribution in [0.1, 0.15) is 50.0 Å². The molecule has 5 heterocycles. The number of ether oxygens (including phenoxy) is 1. The maximum absolute atomic E-state index is 16.6. The minimum Gasteiger partial charge on any atom is -0.508 e. The highest BCUT2D eigenvalue weighted by Crippen LogP contribution is 2.50. The van der Waals surface area contributed by atoms with Crippen molar-refractivity contribution in [1.29, 1.82) is 0 Å². The lowest BCUT2D eigenvalue weighted by Gasteiger charge is -2.32. The summed E-state index contributed by atoms with van der Waals surface area (Å²) in [5, 5.41) is 14.9. The van der Waals surface area contributed by atoms with Crippen LogP contribution in [-0.2, 0) is 0 Å². The van der Waals surface area contributed by atoms with E-state index in [0.717, 1.165) is 57.3 Å². The second-order valence-electron chi connectivity index (χ2n) is 12.3. The van der Waals surface area contributed by atoms with Crippen molar-refractivity contribution in [2.75, 3.05) is 37.7 Å². The Hall–Kier alpha value is -2.75. The third-order valence-corrected chi connectivity index (χ3v) is 10.0. The number of piperazine rings is 1. The van der Waals surface area contributed by atoms with Gasteiger partial charge < -0.3 is 20.1 Å². The fourth-order valence-electron chi connectivity index (χ4n) is 7.70. The molecule has 5 fully saturated rings. The number of nitrogens with zero attached hydrogens (tertiary/aromatic N) is 4. The Kier molecular flexibility index (Phi) is 5.70. The predicted octanol–water partition coefficient (Wildman–Crippen LogP) is 5.18. The average molecular weight is 568 g/mol. The van der Waals surface area contributed by atoms with Crippen LogP contribution in [0.5, 0.6) is 11.8 Å². The van der Waals surface area contributed by atoms with E-state index in [4.69, 9.17) is 21.3 Å². The largest absolute Gasteiger partial charge is 0.508 e. The molecule has 0 radical (unpaired) electrons. The van der Waals surface area contributed by atoms with E-state index in [1.165, 1.54) is 6.07 Å². The number of rotatable bonds is 6. The minimum absolute atomic E-state index is 0.00000696. The monoisotopic (exact) mass is 567 g/mol. The maximum Gasteiger partial charge on any atom is 0.319 e. The van der Waals surface area contributed by atoms with Gasteiger partial charge in [0.2, 0.25) is 0 Å². The quantitative estimate of drug-likeness (QED) is 0.425. The number of nitrogens with one attached hydrogen (secondary N) is 1. The molecule has 4 aliphatic heterocycles. The molecule has 40 heavy (non-hydrogen) atoms. The van der Waals surface area contributed by atoms with E-state index >= 15 is 4.39 Å². The van der Waals surface area contributed by atoms with E-state index < -0.39 is 12.0 Å². The second kappa shape index (κ2) is 9.13. The molecule has 0 amide bonds. The zero-order valence-electron chi connectivity index (χ0n) is 22.2. The fourth-order valence-corrected chi connectivity index (χ4v) is 8.07. The summed E-state index contributed by atoms with van der Waals surface area (Å²) in [5.41, 5.74) is 1.65. The number of anilines is 1. The van der Waals surface area contributed by atoms with Gasteiger partial charge in [0.1, 0.15) is 29.9 Å². The molecule has 3 aromatic rings. The fraction of sp³-hybridized carbons (Fsp3) is 0.533. The lowest BCUT2D eigenvalue weighted by Crippen LogP contribution is -2.44. The number of alkyl halides is 1. The summed E-state index contributed by atoms with van der Waals surface area (Å²) in [6.45, 7) is 3.22. The van der Waals surface area contributed by atoms with E-state index in [1.54, 1.807) is 12.1 Å². The van der Waals surface area contributed by atoms with Crippen LogP contribution in [-0.4, -0.2) is 76.6 Å². The average Bonchev–Trinajstić information content (AvgIpc) is 3.21. The SMILES string of the molecule is Oc1cc(Cl)c(C2CC2)c(-c2ccc3c(N4C[C@@H]5C[C@H]4CN5)nc(OC[C@@]45CCCN4C[C@H](F)C5)nc3c2F)c1. The van der Waals surface area contributed by atoms with Gasteiger partial charge in [0.15, 0.2) is 5.82 Å². The van der Waals surface area contributed by atoms with Crippen LogP contribution in [0.15, 0.2) is 24.3 Å². The lowest BCUT2D eigenvalue weighted by molar-refractivity contribution is 0.107. The molecule has 210 valence electrons. The van der Waals surface area contributed by atoms with Crippen LogP contribution in [0.2, 0.25) is 5.02 Å². The summed E-state index contributed by atoms with van der Waals surface area (Å²) in [7, 11) is 0. The van der Waals surface area contributed by atoms with Gasteiger partial charge in [-0.15, -0.1) is 0 Å². The van der Waals surface area contributed by atoms with Crippen molar-refractivity contribution in [2.24, 2.45) is 0 Å². The van der Waals surface area contributed by atoms with Crippen LogP contribution in [0.3, 0.4) is 0 Å². The van der Waals surface area contributed by atoms with Crippen LogP contribution in [0.4, 0.5) is 14.6 Å². The van der Waals surface area contributed by atoms with Crippen LogP contribution in [0, 0.1) is 5.82 Å². The number of fused-ring (bicyclic) bond motifs is 4. The number of hydrogen-bond donors (Lipinski definition) is 2. The molecule has 4 atom stereocenters. The second-order valence-corrected chi connectivity index (χ2v) is 12.7. The number of phenols is 1. The minimum atomic E-state index is -0.862. The first-order chi connectivity index (χ1) is 19.4. The van der Waals surface area contributed by atoms with Crippen molar-refractivity contribution in [2.45, 2.75) is 68.2 Å². The van der Waals surface area contributed by atoms with Gasteiger partial charge in [-0.1, -0.05) is 17.7 Å². The van der Waals surface area contributed by atoms with Crippen molar-refractivity contribution < 1.29 is 18.6 Å². The van der Waals surface area contributed by atoms with E-state index in [2.05, 4.69) is 20.1 Å². The number of phenolic OH excluding ortho intramolecular Hbond substituents is 1. The molecule has 1 aliphatic carbocycles. The van der Waals surface area contributed by atoms with Crippen LogP contribution in [0.25, 0.3) is 22.0 Å². The van der Waals surface area contributed by atoms with Crippen molar-refractivity contribution in [3.63, 3.8) is 0 Å². The van der Waals surface area contributed by atoms with Crippen LogP contribution < -0.4 is 15.0 Å². The summed E-state index contributed by atoms with van der Waals surface area (Å²) in [6.07, 6.45) is 4.45. The summed E-state index contributed by atoms with van der Waals surface area (Å²) >= 11 is 6.55. The number of aromatic hydroxyl groups is 1. The Labute approximate surface area is 236 Å². The van der Waals surface area contributed by atoms with Crippen molar-refractivity contribution >= 4 is 28.3 Å². The van der Waals surface area contributed by atoms with Gasteiger partial charge in [-0.3, -0.25) is 4.90 Å². The first-order valence-electron chi connectivity index (χ1n) is 14.4. The smallest absolute Gasteiger partial charge is 0.319 e. The van der Waals surface area contributed by atoms with Gasteiger partial charge in [0.05, 0.1) is 5.54 Å². The van der Waals surface area contributed by atoms with E-state index in [0.29, 0.717) is 46.4 Å². The Balaban J connectivity index is 1.24. The Bertz CT molecular complexity index is 1520. The van der Waals surface area contributed by atoms with Gasteiger partial charge in [0.25, 0.3) is 0 Å². The Morgan fingerprint density at radius 1 is 1.18 bits per heavy atom. The summed E-state index contributed by atoms with van der Waals surface area (Å²) in [6, 6.07) is 7.52. The number of hydrogen-bond acceptors (Lipinski definition) is 7. The lowest BCUT2D eigenvalue weighted by atomic mass is 9.94. The zero-order valence-corrected chi connectivity index (χ0v) is 22.9. The van der Waals surface area contributed by atoms with Gasteiger partial charge in [0, 0.05) is 54.1 Å². The van der Waals surface area contributed by atoms with E-state index in [1.807, 2.05) is 6.07 Å². The molecule has 1 saturated carbocycles. The predicted molar refractivity (Wildman–Crippen MR) is 150 cm³/mol. The van der Waals surface area contributed by atoms with Crippen molar-refractivity contribution in [3.05, 3.63) is 40.7 Å². The highest BCUT2D eigenvalue weighted by molar-refractivity contribution is 6.32. The summed E-state index contributed by atoms with van der Waals surface area (Å²) in [5.74, 6) is 0.443. The van der Waals surface area contributed by atoms with Crippen molar-refractivity contribution in [3.8, 4) is 22.9 Å². The van der Waals surface area contributed by atoms with Crippen molar-refractivity contribution in [1.82, 2.24) is 20.2 Å². The Morgan fingerprint density at radius 3 is 2.83 bits per heavy atom. The topological polar surface area (TPSA) is 73.8 Å². The molecule has 8 rings (SSSR count). The molecular weight excluding hydrogens is 536 g/mol. The molecule has 2 aromatic carbocycles. The molecule has 10 heteroatoms. The standard InChI is InChI=1S/C30H32ClF2N5O2/c31-24-10-20(39)9-23(25(24)16-2-3-16)21-4-5-22-27(26(21)33)35-29(36-28(22)38-14-18-8-19(38)12-34-18)40-15-30-6-1-7-37(30)13-17(32)11-30/h4-5,9-10,16-19,34,39H,1-3,6-8,11-15H2/t17-,18+,19+,30+/m1/s1. The molecule has 2 N–H and O–H groups in total. The van der Waals surface area contributed by atoms with Gasteiger partial charge in [-0.05, 0) is 73.9 Å². The summed E-state index contributed by atoms with van der Waals surface area (Å²) in [4.78, 5) is 13.9. The first-order valence-corrected chi connectivity index (χ1v) is 14.8. The molecule has 5 aliphatic rings. The molecule has 7 nitrogen and oxygen atoms in total. The maximum atomic E-state index is 16.6. The van der Waals surface area contributed by atoms with Gasteiger partial charge in [-0.2, -0.15) is 9.97 Å². The highest BCUT2D eigenvalue weighted by Gasteiger charge is 2.49. The number of halogens is 3. The molecule has 0 spiro atoms. The zero-order chi connectivity index (χ0) is 27.2. The van der Waals surface area contributed by atoms with Gasteiger partial charge >= 0.3 is 6.01 Å². The molecule has 0 unspecified atom stereocenters. The van der Waals surface area contributed by atoms with E-state index in [-0.39, 0.29) is 41.4 Å². The number of aromatic nitrogens is 2. The molecule has 2 bridgehead atoms.